The number of carbonyl (C=O) groups is 1. The number of carbonyl (C=O) groups excluding carboxylic acids is 1. The smallest absolute Gasteiger partial charge is 0.317 e. The van der Waals surface area contributed by atoms with Crippen LogP contribution in [0.5, 0.6) is 5.75 Å². The average Bonchev–Trinajstić information content (AvgIpc) is 2.97. The minimum absolute atomic E-state index is 0.106. The summed E-state index contributed by atoms with van der Waals surface area (Å²) in [6.07, 6.45) is 0.523. The second-order valence-corrected chi connectivity index (χ2v) is 6.49. The van der Waals surface area contributed by atoms with Gasteiger partial charge >= 0.3 is 6.03 Å². The molecule has 0 saturated heterocycles. The lowest BCUT2D eigenvalue weighted by Crippen LogP contribution is -2.41. The Morgan fingerprint density at radius 2 is 1.96 bits per heavy atom. The van der Waals surface area contributed by atoms with Crippen molar-refractivity contribution in [2.75, 3.05) is 13.6 Å². The molecule has 2 rings (SSSR count). The first-order valence-corrected chi connectivity index (χ1v) is 8.37. The summed E-state index contributed by atoms with van der Waals surface area (Å²) in [4.78, 5) is 17.7. The van der Waals surface area contributed by atoms with Gasteiger partial charge < -0.3 is 19.5 Å². The SMILES string of the molecule is Cc1cc(C)cc(OCc2nc(CCN(C)C(=O)NC(C)C)no2)c1. The van der Waals surface area contributed by atoms with E-state index in [4.69, 9.17) is 9.26 Å². The van der Waals surface area contributed by atoms with Gasteiger partial charge in [-0.2, -0.15) is 4.98 Å². The van der Waals surface area contributed by atoms with E-state index in [-0.39, 0.29) is 18.7 Å². The van der Waals surface area contributed by atoms with Crippen molar-refractivity contribution in [2.24, 2.45) is 0 Å². The molecular formula is C18H26N4O3. The first-order valence-electron chi connectivity index (χ1n) is 8.37. The number of nitrogens with one attached hydrogen (secondary N) is 1. The maximum absolute atomic E-state index is 11.8. The lowest BCUT2D eigenvalue weighted by atomic mass is 10.1. The standard InChI is InChI=1S/C18H26N4O3/c1-12(2)19-18(23)22(5)7-6-16-20-17(25-21-16)11-24-15-9-13(3)8-14(4)10-15/h8-10,12H,6-7,11H2,1-5H3,(H,19,23). The van der Waals surface area contributed by atoms with Gasteiger partial charge in [0.2, 0.25) is 0 Å². The van der Waals surface area contributed by atoms with Gasteiger partial charge in [0.25, 0.3) is 5.89 Å². The maximum atomic E-state index is 11.8. The van der Waals surface area contributed by atoms with Crippen LogP contribution in [0.2, 0.25) is 0 Å². The molecule has 0 fully saturated rings. The molecule has 0 radical (unpaired) electrons. The maximum Gasteiger partial charge on any atom is 0.317 e. The number of hydrogen-bond donors (Lipinski definition) is 1. The third kappa shape index (κ3) is 6.10. The normalized spacial score (nSPS) is 10.8. The van der Waals surface area contributed by atoms with E-state index >= 15 is 0 Å². The Morgan fingerprint density at radius 3 is 2.60 bits per heavy atom. The van der Waals surface area contributed by atoms with Gasteiger partial charge in [-0.05, 0) is 51.0 Å². The molecule has 0 saturated carbocycles. The van der Waals surface area contributed by atoms with E-state index in [1.807, 2.05) is 39.8 Å². The van der Waals surface area contributed by atoms with Crippen LogP contribution in [0, 0.1) is 13.8 Å². The summed E-state index contributed by atoms with van der Waals surface area (Å²) in [6.45, 7) is 8.63. The van der Waals surface area contributed by atoms with Gasteiger partial charge in [0.05, 0.1) is 0 Å². The van der Waals surface area contributed by atoms with E-state index in [0.717, 1.165) is 16.9 Å². The van der Waals surface area contributed by atoms with Gasteiger partial charge in [-0.25, -0.2) is 4.79 Å². The van der Waals surface area contributed by atoms with Crippen molar-refractivity contribution in [3.8, 4) is 5.75 Å². The number of likely N-dealkylation sites (N-methyl/N-ethyl adjacent to an activating group) is 1. The fourth-order valence-electron chi connectivity index (χ4n) is 2.34. The fourth-order valence-corrected chi connectivity index (χ4v) is 2.34. The highest BCUT2D eigenvalue weighted by molar-refractivity contribution is 5.74. The van der Waals surface area contributed by atoms with Crippen LogP contribution in [0.15, 0.2) is 22.7 Å². The molecule has 0 unspecified atom stereocenters. The van der Waals surface area contributed by atoms with Crippen LogP contribution in [0.3, 0.4) is 0 Å². The molecule has 0 aliphatic heterocycles. The summed E-state index contributed by atoms with van der Waals surface area (Å²) in [5.74, 6) is 1.76. The zero-order valence-corrected chi connectivity index (χ0v) is 15.5. The first-order chi connectivity index (χ1) is 11.8. The van der Waals surface area contributed by atoms with E-state index in [2.05, 4.69) is 21.5 Å². The molecular weight excluding hydrogens is 320 g/mol. The third-order valence-electron chi connectivity index (χ3n) is 3.50. The van der Waals surface area contributed by atoms with E-state index < -0.39 is 0 Å². The predicted molar refractivity (Wildman–Crippen MR) is 94.5 cm³/mol. The van der Waals surface area contributed by atoms with E-state index in [1.54, 1.807) is 11.9 Å². The summed E-state index contributed by atoms with van der Waals surface area (Å²) in [5, 5.41) is 6.77. The van der Waals surface area contributed by atoms with Crippen molar-refractivity contribution < 1.29 is 14.1 Å². The Bertz CT molecular complexity index is 692. The summed E-state index contributed by atoms with van der Waals surface area (Å²) in [6, 6.07) is 6.01. The van der Waals surface area contributed by atoms with Crippen molar-refractivity contribution in [2.45, 2.75) is 46.8 Å². The van der Waals surface area contributed by atoms with Crippen molar-refractivity contribution >= 4 is 6.03 Å². The highest BCUT2D eigenvalue weighted by Gasteiger charge is 2.12. The third-order valence-corrected chi connectivity index (χ3v) is 3.50. The number of urea groups is 1. The van der Waals surface area contributed by atoms with Crippen molar-refractivity contribution in [3.05, 3.63) is 41.0 Å². The van der Waals surface area contributed by atoms with Crippen LogP contribution >= 0.6 is 0 Å². The lowest BCUT2D eigenvalue weighted by molar-refractivity contribution is 0.206. The molecule has 2 amide bonds. The first kappa shape index (κ1) is 18.8. The molecule has 136 valence electrons. The lowest BCUT2D eigenvalue weighted by Gasteiger charge is -2.18. The molecule has 7 nitrogen and oxygen atoms in total. The Kier molecular flexibility index (Phi) is 6.38. The van der Waals surface area contributed by atoms with Gasteiger partial charge in [-0.15, -0.1) is 0 Å². The Balaban J connectivity index is 1.82. The minimum atomic E-state index is -0.114. The number of aromatic nitrogens is 2. The number of aryl methyl sites for hydroxylation is 2. The van der Waals surface area contributed by atoms with Gasteiger partial charge in [0, 0.05) is 26.1 Å². The zero-order valence-electron chi connectivity index (χ0n) is 15.5. The molecule has 0 aliphatic carbocycles. The van der Waals surface area contributed by atoms with Crippen LogP contribution in [0.25, 0.3) is 0 Å². The Labute approximate surface area is 148 Å². The number of nitrogens with zero attached hydrogens (tertiary/aromatic N) is 3. The largest absolute Gasteiger partial charge is 0.484 e. The molecule has 7 heteroatoms. The molecule has 1 aromatic heterocycles. The van der Waals surface area contributed by atoms with Crippen molar-refractivity contribution in [1.29, 1.82) is 0 Å². The van der Waals surface area contributed by atoms with Crippen LogP contribution in [-0.2, 0) is 13.0 Å². The number of rotatable bonds is 7. The monoisotopic (exact) mass is 346 g/mol. The van der Waals surface area contributed by atoms with E-state index in [1.165, 1.54) is 0 Å². The van der Waals surface area contributed by atoms with E-state index in [0.29, 0.717) is 24.7 Å². The summed E-state index contributed by atoms with van der Waals surface area (Å²) >= 11 is 0. The second kappa shape index (κ2) is 8.50. The molecule has 0 spiro atoms. The molecule has 2 aromatic rings. The van der Waals surface area contributed by atoms with E-state index in [9.17, 15) is 4.79 Å². The van der Waals surface area contributed by atoms with Gasteiger partial charge in [-0.3, -0.25) is 0 Å². The van der Waals surface area contributed by atoms with Gasteiger partial charge in [0.15, 0.2) is 12.4 Å². The molecule has 25 heavy (non-hydrogen) atoms. The quantitative estimate of drug-likeness (QED) is 0.834. The predicted octanol–water partition coefficient (Wildman–Crippen LogP) is 2.86. The number of benzene rings is 1. The van der Waals surface area contributed by atoms with Gasteiger partial charge in [-0.1, -0.05) is 11.2 Å². The Morgan fingerprint density at radius 1 is 1.28 bits per heavy atom. The van der Waals surface area contributed by atoms with Crippen molar-refractivity contribution in [3.63, 3.8) is 0 Å². The summed E-state index contributed by atoms with van der Waals surface area (Å²) in [7, 11) is 1.74. The molecule has 1 aromatic carbocycles. The Hall–Kier alpha value is -2.57. The van der Waals surface area contributed by atoms with Crippen LogP contribution < -0.4 is 10.1 Å². The topological polar surface area (TPSA) is 80.5 Å². The average molecular weight is 346 g/mol. The van der Waals surface area contributed by atoms with Crippen LogP contribution in [0.4, 0.5) is 4.79 Å². The number of hydrogen-bond acceptors (Lipinski definition) is 5. The molecule has 0 aliphatic rings. The molecule has 1 N–H and O–H groups in total. The second-order valence-electron chi connectivity index (χ2n) is 6.49. The summed E-state index contributed by atoms with van der Waals surface area (Å²) in [5.41, 5.74) is 2.29. The highest BCUT2D eigenvalue weighted by atomic mass is 16.5. The van der Waals surface area contributed by atoms with Crippen LogP contribution in [-0.4, -0.2) is 40.7 Å². The highest BCUT2D eigenvalue weighted by Crippen LogP contribution is 2.17. The zero-order chi connectivity index (χ0) is 18.4. The summed E-state index contributed by atoms with van der Waals surface area (Å²) < 4.78 is 10.9. The number of ether oxygens (including phenoxy) is 1. The fraction of sp³-hybridized carbons (Fsp3) is 0.500. The molecule has 0 atom stereocenters. The van der Waals surface area contributed by atoms with Crippen LogP contribution in [0.1, 0.15) is 36.7 Å². The minimum Gasteiger partial charge on any atom is -0.484 e. The van der Waals surface area contributed by atoms with Crippen molar-refractivity contribution in [1.82, 2.24) is 20.4 Å². The number of amides is 2. The van der Waals surface area contributed by atoms with Gasteiger partial charge in [0.1, 0.15) is 5.75 Å². The molecule has 0 bridgehead atoms. The molecule has 1 heterocycles.